The van der Waals surface area contributed by atoms with E-state index in [2.05, 4.69) is 50.5 Å². The predicted octanol–water partition coefficient (Wildman–Crippen LogP) is 5.55. The number of rotatable bonds is 2. The Hall–Kier alpha value is -2.59. The van der Waals surface area contributed by atoms with Crippen LogP contribution in [0.25, 0.3) is 22.8 Å². The molecule has 1 aliphatic rings. The topological polar surface area (TPSA) is 44.9 Å². The number of nitrogens with one attached hydrogen (secondary N) is 2. The second-order valence-electron chi connectivity index (χ2n) is 6.30. The maximum absolute atomic E-state index is 12.6. The smallest absolute Gasteiger partial charge is 0.256 e. The summed E-state index contributed by atoms with van der Waals surface area (Å²) < 4.78 is 1.02. The highest BCUT2D eigenvalue weighted by Gasteiger charge is 2.27. The van der Waals surface area contributed by atoms with Crippen LogP contribution < -0.4 is 5.32 Å². The van der Waals surface area contributed by atoms with Gasteiger partial charge in [0.1, 0.15) is 0 Å². The summed E-state index contributed by atoms with van der Waals surface area (Å²) in [6, 6.07) is 16.2. The van der Waals surface area contributed by atoms with Crippen molar-refractivity contribution in [2.24, 2.45) is 0 Å². The number of hydrogen-bond acceptors (Lipinski definition) is 1. The summed E-state index contributed by atoms with van der Waals surface area (Å²) in [6.45, 7) is 4.06. The van der Waals surface area contributed by atoms with E-state index in [1.807, 2.05) is 44.2 Å². The lowest BCUT2D eigenvalue weighted by Crippen LogP contribution is -2.03. The maximum Gasteiger partial charge on any atom is 0.256 e. The molecule has 2 aromatic carbocycles. The van der Waals surface area contributed by atoms with E-state index in [4.69, 9.17) is 0 Å². The van der Waals surface area contributed by atoms with Gasteiger partial charge in [-0.3, -0.25) is 4.79 Å². The van der Waals surface area contributed by atoms with Crippen LogP contribution in [-0.4, -0.2) is 10.9 Å². The molecule has 4 rings (SSSR count). The fraction of sp³-hybridized carbons (Fsp3) is 0.0952. The Labute approximate surface area is 154 Å². The highest BCUT2D eigenvalue weighted by Crippen LogP contribution is 2.40. The van der Waals surface area contributed by atoms with Crippen molar-refractivity contribution in [1.82, 2.24) is 4.98 Å². The molecule has 124 valence electrons. The molecule has 4 heteroatoms. The normalized spacial score (nSPS) is 14.7. The number of amides is 1. The van der Waals surface area contributed by atoms with Crippen molar-refractivity contribution in [2.45, 2.75) is 13.8 Å². The molecule has 1 aromatic heterocycles. The van der Waals surface area contributed by atoms with E-state index in [1.54, 1.807) is 0 Å². The molecular weight excluding hydrogens is 376 g/mol. The molecule has 25 heavy (non-hydrogen) atoms. The predicted molar refractivity (Wildman–Crippen MR) is 106 cm³/mol. The summed E-state index contributed by atoms with van der Waals surface area (Å²) in [5.41, 5.74) is 7.81. The standard InChI is InChI=1S/C21H17BrN2O/c1-12-9-13(2)23-19(12)11-17-20-16(14-5-3-6-15(22)10-14)7-4-8-18(20)24-21(17)25/h3-11,23H,1-2H3,(H,24,25). The molecule has 0 radical (unpaired) electrons. The molecule has 2 N–H and O–H groups in total. The molecule has 0 aliphatic carbocycles. The average molecular weight is 393 g/mol. The van der Waals surface area contributed by atoms with E-state index < -0.39 is 0 Å². The van der Waals surface area contributed by atoms with Crippen molar-refractivity contribution in [3.8, 4) is 11.1 Å². The van der Waals surface area contributed by atoms with Crippen LogP contribution in [0.1, 0.15) is 22.5 Å². The van der Waals surface area contributed by atoms with Gasteiger partial charge >= 0.3 is 0 Å². The molecule has 0 bridgehead atoms. The van der Waals surface area contributed by atoms with Crippen LogP contribution >= 0.6 is 15.9 Å². The number of carbonyl (C=O) groups excluding carboxylic acids is 1. The molecule has 3 nitrogen and oxygen atoms in total. The van der Waals surface area contributed by atoms with Crippen LogP contribution in [0.2, 0.25) is 0 Å². The first-order valence-electron chi connectivity index (χ1n) is 8.11. The van der Waals surface area contributed by atoms with Crippen molar-refractivity contribution in [1.29, 1.82) is 0 Å². The van der Waals surface area contributed by atoms with Crippen molar-refractivity contribution in [3.63, 3.8) is 0 Å². The van der Waals surface area contributed by atoms with Crippen LogP contribution in [0.3, 0.4) is 0 Å². The van der Waals surface area contributed by atoms with E-state index in [9.17, 15) is 4.79 Å². The van der Waals surface area contributed by atoms with E-state index >= 15 is 0 Å². The first-order valence-corrected chi connectivity index (χ1v) is 8.91. The summed E-state index contributed by atoms with van der Waals surface area (Å²) in [4.78, 5) is 15.9. The van der Waals surface area contributed by atoms with Gasteiger partial charge in [-0.2, -0.15) is 0 Å². The first-order chi connectivity index (χ1) is 12.0. The third kappa shape index (κ3) is 2.83. The second-order valence-corrected chi connectivity index (χ2v) is 7.22. The minimum absolute atomic E-state index is 0.0656. The minimum Gasteiger partial charge on any atom is -0.359 e. The molecule has 0 saturated heterocycles. The van der Waals surface area contributed by atoms with Gasteiger partial charge in [-0.25, -0.2) is 0 Å². The van der Waals surface area contributed by atoms with E-state index in [1.165, 1.54) is 0 Å². The number of aryl methyl sites for hydroxylation is 2. The molecule has 0 fully saturated rings. The highest BCUT2D eigenvalue weighted by atomic mass is 79.9. The Balaban J connectivity index is 1.92. The number of benzene rings is 2. The van der Waals surface area contributed by atoms with E-state index in [0.29, 0.717) is 5.57 Å². The lowest BCUT2D eigenvalue weighted by molar-refractivity contribution is -0.110. The zero-order valence-electron chi connectivity index (χ0n) is 14.0. The largest absolute Gasteiger partial charge is 0.359 e. The van der Waals surface area contributed by atoms with Gasteiger partial charge in [-0.15, -0.1) is 0 Å². The molecule has 0 spiro atoms. The molecule has 0 saturated carbocycles. The quantitative estimate of drug-likeness (QED) is 0.551. The van der Waals surface area contributed by atoms with Gasteiger partial charge in [-0.05, 0) is 60.9 Å². The van der Waals surface area contributed by atoms with Crippen LogP contribution in [0.15, 0.2) is 53.0 Å². The first kappa shape index (κ1) is 15.9. The van der Waals surface area contributed by atoms with E-state index in [0.717, 1.165) is 43.8 Å². The zero-order valence-corrected chi connectivity index (χ0v) is 15.6. The van der Waals surface area contributed by atoms with Gasteiger partial charge in [0, 0.05) is 27.1 Å². The van der Waals surface area contributed by atoms with Crippen molar-refractivity contribution < 1.29 is 4.79 Å². The monoisotopic (exact) mass is 392 g/mol. The summed E-state index contributed by atoms with van der Waals surface area (Å²) >= 11 is 3.53. The Morgan fingerprint density at radius 3 is 2.56 bits per heavy atom. The fourth-order valence-corrected chi connectivity index (χ4v) is 3.73. The summed E-state index contributed by atoms with van der Waals surface area (Å²) in [6.07, 6.45) is 1.95. The fourth-order valence-electron chi connectivity index (χ4n) is 3.33. The lowest BCUT2D eigenvalue weighted by atomic mass is 9.94. The summed E-state index contributed by atoms with van der Waals surface area (Å²) in [7, 11) is 0. The molecule has 1 amide bonds. The molecular formula is C21H17BrN2O. The summed E-state index contributed by atoms with van der Waals surface area (Å²) in [5, 5.41) is 2.99. The number of H-pyrrole nitrogens is 1. The Morgan fingerprint density at radius 1 is 1.04 bits per heavy atom. The molecule has 3 aromatic rings. The van der Waals surface area contributed by atoms with Crippen molar-refractivity contribution >= 4 is 39.2 Å². The molecule has 0 unspecified atom stereocenters. The van der Waals surface area contributed by atoms with Gasteiger partial charge < -0.3 is 10.3 Å². The Bertz CT molecular complexity index is 1030. The number of fused-ring (bicyclic) bond motifs is 1. The number of carbonyl (C=O) groups is 1. The molecule has 0 atom stereocenters. The SMILES string of the molecule is Cc1cc(C)c(C=C2C(=O)Nc3cccc(-c4cccc(Br)c4)c32)[nH]1. The number of anilines is 1. The summed E-state index contributed by atoms with van der Waals surface area (Å²) in [5.74, 6) is -0.0656. The minimum atomic E-state index is -0.0656. The van der Waals surface area contributed by atoms with Crippen molar-refractivity contribution in [2.75, 3.05) is 5.32 Å². The third-order valence-corrected chi connectivity index (χ3v) is 4.93. The number of aromatic nitrogens is 1. The van der Waals surface area contributed by atoms with Gasteiger partial charge in [0.05, 0.1) is 5.57 Å². The van der Waals surface area contributed by atoms with E-state index in [-0.39, 0.29) is 5.91 Å². The van der Waals surface area contributed by atoms with Crippen LogP contribution in [-0.2, 0) is 4.79 Å². The Kier molecular flexibility index (Phi) is 3.85. The van der Waals surface area contributed by atoms with Crippen LogP contribution in [0.5, 0.6) is 0 Å². The van der Waals surface area contributed by atoms with Gasteiger partial charge in [0.2, 0.25) is 0 Å². The highest BCUT2D eigenvalue weighted by molar-refractivity contribution is 9.10. The lowest BCUT2D eigenvalue weighted by Gasteiger charge is -2.09. The average Bonchev–Trinajstić information content (AvgIpc) is 3.06. The van der Waals surface area contributed by atoms with Crippen LogP contribution in [0, 0.1) is 13.8 Å². The van der Waals surface area contributed by atoms with Crippen molar-refractivity contribution in [3.05, 3.63) is 75.5 Å². The number of halogens is 1. The van der Waals surface area contributed by atoms with Gasteiger partial charge in [-0.1, -0.05) is 40.2 Å². The zero-order chi connectivity index (χ0) is 17.6. The Morgan fingerprint density at radius 2 is 1.84 bits per heavy atom. The number of aromatic amines is 1. The maximum atomic E-state index is 12.6. The number of hydrogen-bond donors (Lipinski definition) is 2. The van der Waals surface area contributed by atoms with Gasteiger partial charge in [0.15, 0.2) is 0 Å². The second kappa shape index (κ2) is 6.05. The molecule has 1 aliphatic heterocycles. The molecule has 2 heterocycles. The van der Waals surface area contributed by atoms with Gasteiger partial charge in [0.25, 0.3) is 5.91 Å². The van der Waals surface area contributed by atoms with Crippen LogP contribution in [0.4, 0.5) is 5.69 Å². The third-order valence-electron chi connectivity index (χ3n) is 4.44.